The molecule has 0 aliphatic carbocycles. The van der Waals surface area contributed by atoms with Gasteiger partial charge in [-0.05, 0) is 60.2 Å². The van der Waals surface area contributed by atoms with Gasteiger partial charge in [0.05, 0.1) is 11.0 Å². The molecule has 1 aromatic heterocycles. The Hall–Kier alpha value is -4.08. The molecule has 0 radical (unpaired) electrons. The first-order valence-corrected chi connectivity index (χ1v) is 11.3. The first-order valence-electron chi connectivity index (χ1n) is 11.3. The highest BCUT2D eigenvalue weighted by atomic mass is 19.4. The average Bonchev–Trinajstić information content (AvgIpc) is 3.25. The van der Waals surface area contributed by atoms with E-state index in [1.54, 1.807) is 12.1 Å². The van der Waals surface area contributed by atoms with E-state index in [0.29, 0.717) is 18.2 Å². The lowest BCUT2D eigenvalue weighted by molar-refractivity contribution is -0.274. The molecule has 35 heavy (non-hydrogen) atoms. The van der Waals surface area contributed by atoms with Crippen LogP contribution in [0.25, 0.3) is 11.0 Å². The topological polar surface area (TPSA) is 82.4 Å². The second-order valence-corrected chi connectivity index (χ2v) is 8.40. The van der Waals surface area contributed by atoms with Gasteiger partial charge in [-0.25, -0.2) is 4.98 Å². The van der Waals surface area contributed by atoms with Crippen LogP contribution in [0.3, 0.4) is 0 Å². The number of aromatic amines is 1. The van der Waals surface area contributed by atoms with E-state index in [4.69, 9.17) is 5.73 Å². The molecular formula is C25H25F3N6O. The summed E-state index contributed by atoms with van der Waals surface area (Å²) < 4.78 is 41.0. The SMILES string of the molecule is Nc1ccc2nc(NCc3ccc(N4CCN(c5ccc(OC(F)(F)F)cc5)CC4)cc3)[nH]c2c1. The highest BCUT2D eigenvalue weighted by molar-refractivity contribution is 5.80. The van der Waals surface area contributed by atoms with E-state index in [0.717, 1.165) is 54.2 Å². The van der Waals surface area contributed by atoms with E-state index in [1.165, 1.54) is 12.1 Å². The number of nitrogens with zero attached hydrogens (tertiary/aromatic N) is 3. The number of H-pyrrole nitrogens is 1. The first-order chi connectivity index (χ1) is 16.8. The summed E-state index contributed by atoms with van der Waals surface area (Å²) in [6.07, 6.45) is -4.68. The van der Waals surface area contributed by atoms with Crippen molar-refractivity contribution in [2.75, 3.05) is 47.0 Å². The number of aromatic nitrogens is 2. The summed E-state index contributed by atoms with van der Waals surface area (Å²) in [6.45, 7) is 3.83. The quantitative estimate of drug-likeness (QED) is 0.336. The second-order valence-electron chi connectivity index (χ2n) is 8.40. The zero-order valence-electron chi connectivity index (χ0n) is 18.8. The third-order valence-electron chi connectivity index (χ3n) is 5.98. The first kappa shape index (κ1) is 22.7. The lowest BCUT2D eigenvalue weighted by atomic mass is 10.1. The molecule has 1 fully saturated rings. The number of ether oxygens (including phenoxy) is 1. The van der Waals surface area contributed by atoms with Crippen molar-refractivity contribution in [2.45, 2.75) is 12.9 Å². The smallest absolute Gasteiger partial charge is 0.406 e. The Morgan fingerprint density at radius 1 is 0.886 bits per heavy atom. The van der Waals surface area contributed by atoms with Crippen molar-refractivity contribution in [3.05, 3.63) is 72.3 Å². The zero-order chi connectivity index (χ0) is 24.4. The molecule has 2 heterocycles. The van der Waals surface area contributed by atoms with Crippen molar-refractivity contribution in [2.24, 2.45) is 0 Å². The minimum atomic E-state index is -4.68. The van der Waals surface area contributed by atoms with Gasteiger partial charge in [0, 0.05) is 49.8 Å². The van der Waals surface area contributed by atoms with Crippen molar-refractivity contribution >= 4 is 34.0 Å². The molecule has 10 heteroatoms. The number of rotatable bonds is 6. The molecule has 7 nitrogen and oxygen atoms in total. The number of nitrogens with one attached hydrogen (secondary N) is 2. The molecule has 4 aromatic rings. The molecule has 0 atom stereocenters. The third kappa shape index (κ3) is 5.53. The molecule has 182 valence electrons. The summed E-state index contributed by atoms with van der Waals surface area (Å²) in [4.78, 5) is 12.2. The van der Waals surface area contributed by atoms with E-state index >= 15 is 0 Å². The maximum Gasteiger partial charge on any atom is 0.573 e. The molecule has 1 aliphatic rings. The van der Waals surface area contributed by atoms with Crippen molar-refractivity contribution in [3.8, 4) is 5.75 Å². The largest absolute Gasteiger partial charge is 0.573 e. The van der Waals surface area contributed by atoms with Gasteiger partial charge in [0.1, 0.15) is 5.75 Å². The number of anilines is 4. The minimum absolute atomic E-state index is 0.209. The number of piperazine rings is 1. The van der Waals surface area contributed by atoms with Crippen molar-refractivity contribution in [1.82, 2.24) is 9.97 Å². The monoisotopic (exact) mass is 482 g/mol. The molecule has 0 unspecified atom stereocenters. The van der Waals surface area contributed by atoms with Crippen LogP contribution in [0.5, 0.6) is 5.75 Å². The van der Waals surface area contributed by atoms with Crippen LogP contribution in [0.2, 0.25) is 0 Å². The lowest BCUT2D eigenvalue weighted by Crippen LogP contribution is -2.46. The van der Waals surface area contributed by atoms with Crippen molar-refractivity contribution in [1.29, 1.82) is 0 Å². The van der Waals surface area contributed by atoms with E-state index in [-0.39, 0.29) is 5.75 Å². The highest BCUT2D eigenvalue weighted by Gasteiger charge is 2.31. The summed E-state index contributed by atoms with van der Waals surface area (Å²) in [5, 5.41) is 3.31. The number of nitrogen functional groups attached to an aromatic ring is 1. The Bertz CT molecular complexity index is 1280. The van der Waals surface area contributed by atoms with Gasteiger partial charge in [-0.3, -0.25) is 0 Å². The molecule has 0 bridgehead atoms. The van der Waals surface area contributed by atoms with Gasteiger partial charge < -0.3 is 30.6 Å². The Morgan fingerprint density at radius 3 is 2.09 bits per heavy atom. The van der Waals surface area contributed by atoms with E-state index < -0.39 is 6.36 Å². The van der Waals surface area contributed by atoms with Gasteiger partial charge in [0.25, 0.3) is 0 Å². The summed E-state index contributed by atoms with van der Waals surface area (Å²) in [5.41, 5.74) is 11.4. The van der Waals surface area contributed by atoms with Crippen LogP contribution in [0, 0.1) is 0 Å². The van der Waals surface area contributed by atoms with Gasteiger partial charge in [0.15, 0.2) is 0 Å². The van der Waals surface area contributed by atoms with Gasteiger partial charge in [0.2, 0.25) is 5.95 Å². The molecule has 5 rings (SSSR count). The standard InChI is InChI=1S/C25H25F3N6O/c26-25(27,28)35-21-8-6-20(7-9-21)34-13-11-33(12-14-34)19-4-1-17(2-5-19)16-30-24-31-22-10-3-18(29)15-23(22)32-24/h1-10,15H,11-14,16,29H2,(H2,30,31,32). The van der Waals surface area contributed by atoms with Crippen LogP contribution in [0.4, 0.5) is 36.2 Å². The van der Waals surface area contributed by atoms with Crippen LogP contribution in [0.1, 0.15) is 5.56 Å². The molecular weight excluding hydrogens is 457 g/mol. The van der Waals surface area contributed by atoms with E-state index in [9.17, 15) is 13.2 Å². The number of alkyl halides is 3. The summed E-state index contributed by atoms with van der Waals surface area (Å²) >= 11 is 0. The fraction of sp³-hybridized carbons (Fsp3) is 0.240. The predicted octanol–water partition coefficient (Wildman–Crippen LogP) is 4.98. The molecule has 3 aromatic carbocycles. The maximum atomic E-state index is 12.3. The van der Waals surface area contributed by atoms with Crippen molar-refractivity contribution < 1.29 is 17.9 Å². The number of nitrogens with two attached hydrogens (primary N) is 1. The number of hydrogen-bond donors (Lipinski definition) is 3. The summed E-state index contributed by atoms with van der Waals surface area (Å²) in [5.74, 6) is 0.489. The Balaban J connectivity index is 1.13. The molecule has 0 amide bonds. The van der Waals surface area contributed by atoms with E-state index in [2.05, 4.69) is 54.1 Å². The van der Waals surface area contributed by atoms with Gasteiger partial charge in [-0.15, -0.1) is 13.2 Å². The number of imidazole rings is 1. The number of hydrogen-bond acceptors (Lipinski definition) is 6. The zero-order valence-corrected chi connectivity index (χ0v) is 18.8. The fourth-order valence-corrected chi connectivity index (χ4v) is 4.20. The van der Waals surface area contributed by atoms with Gasteiger partial charge >= 0.3 is 6.36 Å². The molecule has 1 saturated heterocycles. The van der Waals surface area contributed by atoms with E-state index in [1.807, 2.05) is 18.2 Å². The van der Waals surface area contributed by atoms with Gasteiger partial charge in [-0.2, -0.15) is 0 Å². The van der Waals surface area contributed by atoms with Crippen LogP contribution < -0.4 is 25.6 Å². The lowest BCUT2D eigenvalue weighted by Gasteiger charge is -2.37. The predicted molar refractivity (Wildman–Crippen MR) is 132 cm³/mol. The third-order valence-corrected chi connectivity index (χ3v) is 5.98. The molecule has 1 aliphatic heterocycles. The summed E-state index contributed by atoms with van der Waals surface area (Å²) in [6, 6.07) is 20.0. The number of benzene rings is 3. The number of fused-ring (bicyclic) bond motifs is 1. The Labute approximate surface area is 200 Å². The average molecular weight is 483 g/mol. The minimum Gasteiger partial charge on any atom is -0.406 e. The molecule has 0 spiro atoms. The normalized spacial score (nSPS) is 14.4. The second kappa shape index (κ2) is 9.28. The van der Waals surface area contributed by atoms with Crippen LogP contribution in [-0.2, 0) is 6.54 Å². The van der Waals surface area contributed by atoms with Gasteiger partial charge in [-0.1, -0.05) is 12.1 Å². The Morgan fingerprint density at radius 2 is 1.49 bits per heavy atom. The fourth-order valence-electron chi connectivity index (χ4n) is 4.20. The van der Waals surface area contributed by atoms with Crippen LogP contribution >= 0.6 is 0 Å². The summed E-state index contributed by atoms with van der Waals surface area (Å²) in [7, 11) is 0. The Kier molecular flexibility index (Phi) is 6.02. The van der Waals surface area contributed by atoms with Crippen LogP contribution in [-0.4, -0.2) is 42.5 Å². The molecule has 0 saturated carbocycles. The highest BCUT2D eigenvalue weighted by Crippen LogP contribution is 2.27. The maximum absolute atomic E-state index is 12.3. The number of halogens is 3. The molecule has 4 N–H and O–H groups in total. The van der Waals surface area contributed by atoms with Crippen molar-refractivity contribution in [3.63, 3.8) is 0 Å². The van der Waals surface area contributed by atoms with Crippen LogP contribution in [0.15, 0.2) is 66.7 Å².